The second-order valence-corrected chi connectivity index (χ2v) is 5.01. The Labute approximate surface area is 88.6 Å². The fourth-order valence-electron chi connectivity index (χ4n) is 2.29. The Morgan fingerprint density at radius 3 is 2.43 bits per heavy atom. The molecular weight excluding hydrogens is 172 g/mol. The first kappa shape index (κ1) is 12.0. The van der Waals surface area contributed by atoms with Crippen molar-refractivity contribution in [3.63, 3.8) is 0 Å². The van der Waals surface area contributed by atoms with Gasteiger partial charge in [-0.2, -0.15) is 0 Å². The van der Waals surface area contributed by atoms with E-state index in [1.807, 2.05) is 0 Å². The van der Waals surface area contributed by atoms with E-state index in [1.54, 1.807) is 0 Å². The third kappa shape index (κ3) is 3.58. The van der Waals surface area contributed by atoms with Gasteiger partial charge in [0, 0.05) is 5.54 Å². The van der Waals surface area contributed by atoms with E-state index < -0.39 is 0 Å². The third-order valence-electron chi connectivity index (χ3n) is 3.69. The number of hydrogen-bond donors (Lipinski definition) is 2. The van der Waals surface area contributed by atoms with Gasteiger partial charge in [-0.15, -0.1) is 0 Å². The van der Waals surface area contributed by atoms with Crippen LogP contribution in [0.5, 0.6) is 0 Å². The molecule has 0 amide bonds. The van der Waals surface area contributed by atoms with Crippen LogP contribution >= 0.6 is 0 Å². The zero-order valence-corrected chi connectivity index (χ0v) is 9.81. The lowest BCUT2D eigenvalue weighted by Gasteiger charge is -2.36. The number of nitrogens with two attached hydrogens (primary N) is 1. The molecule has 1 atom stereocenters. The quantitative estimate of drug-likeness (QED) is 0.711. The molecule has 1 saturated carbocycles. The van der Waals surface area contributed by atoms with Gasteiger partial charge in [0.2, 0.25) is 0 Å². The van der Waals surface area contributed by atoms with Crippen LogP contribution in [0.3, 0.4) is 0 Å². The topological polar surface area (TPSA) is 38.0 Å². The lowest BCUT2D eigenvalue weighted by molar-refractivity contribution is 0.240. The molecule has 14 heavy (non-hydrogen) atoms. The Morgan fingerprint density at radius 1 is 1.29 bits per heavy atom. The lowest BCUT2D eigenvalue weighted by atomic mass is 9.83. The van der Waals surface area contributed by atoms with Crippen molar-refractivity contribution in [2.24, 2.45) is 11.7 Å². The zero-order chi connectivity index (χ0) is 10.4. The maximum Gasteiger partial charge on any atom is 0.0153 e. The highest BCUT2D eigenvalue weighted by molar-refractivity contribution is 4.86. The second kappa shape index (κ2) is 5.72. The Balaban J connectivity index is 2.27. The first-order valence-electron chi connectivity index (χ1n) is 6.15. The summed E-state index contributed by atoms with van der Waals surface area (Å²) in [5, 5.41) is 3.72. The van der Waals surface area contributed by atoms with Crippen molar-refractivity contribution in [3.8, 4) is 0 Å². The lowest BCUT2D eigenvalue weighted by Crippen LogP contribution is -2.46. The minimum atomic E-state index is 0.404. The van der Waals surface area contributed by atoms with E-state index in [0.29, 0.717) is 11.5 Å². The number of hydrogen-bond acceptors (Lipinski definition) is 2. The minimum Gasteiger partial charge on any atom is -0.330 e. The van der Waals surface area contributed by atoms with Crippen LogP contribution in [0, 0.1) is 5.92 Å². The molecule has 0 aromatic rings. The molecular formula is C12H26N2. The highest BCUT2D eigenvalue weighted by Gasteiger charge is 2.26. The minimum absolute atomic E-state index is 0.404. The summed E-state index contributed by atoms with van der Waals surface area (Å²) in [5.41, 5.74) is 6.11. The molecule has 2 nitrogen and oxygen atoms in total. The smallest absolute Gasteiger partial charge is 0.0153 e. The summed E-state index contributed by atoms with van der Waals surface area (Å²) in [5.74, 6) is 0.661. The van der Waals surface area contributed by atoms with E-state index in [2.05, 4.69) is 19.2 Å². The van der Waals surface area contributed by atoms with E-state index in [1.165, 1.54) is 38.5 Å². The Hall–Kier alpha value is -0.0800. The van der Waals surface area contributed by atoms with Crippen LogP contribution in [0.1, 0.15) is 52.4 Å². The van der Waals surface area contributed by atoms with Crippen molar-refractivity contribution < 1.29 is 0 Å². The number of nitrogens with one attached hydrogen (secondary N) is 1. The van der Waals surface area contributed by atoms with E-state index in [9.17, 15) is 0 Å². The molecule has 2 heteroatoms. The molecule has 1 rings (SSSR count). The summed E-state index contributed by atoms with van der Waals surface area (Å²) in [6.45, 7) is 6.51. The average Bonchev–Trinajstić information content (AvgIpc) is 2.20. The molecule has 1 fully saturated rings. The standard InChI is InChI=1S/C12H26N2/c1-3-11(9-13)10-14-12(2)7-5-4-6-8-12/h11,14H,3-10,13H2,1-2H3. The van der Waals surface area contributed by atoms with Gasteiger partial charge < -0.3 is 11.1 Å². The maximum absolute atomic E-state index is 5.70. The van der Waals surface area contributed by atoms with E-state index >= 15 is 0 Å². The van der Waals surface area contributed by atoms with Crippen LogP contribution < -0.4 is 11.1 Å². The van der Waals surface area contributed by atoms with Gasteiger partial charge in [0.15, 0.2) is 0 Å². The van der Waals surface area contributed by atoms with Gasteiger partial charge in [0.05, 0.1) is 0 Å². The van der Waals surface area contributed by atoms with Crippen molar-refractivity contribution in [3.05, 3.63) is 0 Å². The first-order chi connectivity index (χ1) is 6.70. The SMILES string of the molecule is CCC(CN)CNC1(C)CCCCC1. The Bertz CT molecular complexity index is 146. The molecule has 1 unspecified atom stereocenters. The monoisotopic (exact) mass is 198 g/mol. The molecule has 84 valence electrons. The molecule has 0 radical (unpaired) electrons. The van der Waals surface area contributed by atoms with Gasteiger partial charge in [-0.25, -0.2) is 0 Å². The Kier molecular flexibility index (Phi) is 4.90. The van der Waals surface area contributed by atoms with Crippen molar-refractivity contribution >= 4 is 0 Å². The van der Waals surface area contributed by atoms with Crippen LogP contribution in [0.4, 0.5) is 0 Å². The van der Waals surface area contributed by atoms with Crippen molar-refractivity contribution in [1.29, 1.82) is 0 Å². The predicted molar refractivity (Wildman–Crippen MR) is 62.3 cm³/mol. The van der Waals surface area contributed by atoms with Crippen molar-refractivity contribution in [1.82, 2.24) is 5.32 Å². The molecule has 0 aliphatic heterocycles. The first-order valence-corrected chi connectivity index (χ1v) is 6.15. The molecule has 0 aromatic heterocycles. The maximum atomic E-state index is 5.70. The van der Waals surface area contributed by atoms with Crippen molar-refractivity contribution in [2.75, 3.05) is 13.1 Å². The molecule has 1 aliphatic carbocycles. The summed E-state index contributed by atoms with van der Waals surface area (Å²) in [4.78, 5) is 0. The largest absolute Gasteiger partial charge is 0.330 e. The van der Waals surface area contributed by atoms with E-state index in [0.717, 1.165) is 13.1 Å². The third-order valence-corrected chi connectivity index (χ3v) is 3.69. The van der Waals surface area contributed by atoms with Crippen LogP contribution in [0.25, 0.3) is 0 Å². The molecule has 0 saturated heterocycles. The fourth-order valence-corrected chi connectivity index (χ4v) is 2.29. The van der Waals surface area contributed by atoms with Gasteiger partial charge in [-0.3, -0.25) is 0 Å². The van der Waals surface area contributed by atoms with Gasteiger partial charge in [-0.1, -0.05) is 32.6 Å². The fraction of sp³-hybridized carbons (Fsp3) is 1.00. The summed E-state index contributed by atoms with van der Waals surface area (Å²) >= 11 is 0. The molecule has 0 bridgehead atoms. The summed E-state index contributed by atoms with van der Waals surface area (Å²) in [6, 6.07) is 0. The van der Waals surface area contributed by atoms with Gasteiger partial charge in [0.1, 0.15) is 0 Å². The van der Waals surface area contributed by atoms with Gasteiger partial charge in [0.25, 0.3) is 0 Å². The summed E-state index contributed by atoms with van der Waals surface area (Å²) in [7, 11) is 0. The molecule has 3 N–H and O–H groups in total. The highest BCUT2D eigenvalue weighted by Crippen LogP contribution is 2.27. The summed E-state index contributed by atoms with van der Waals surface area (Å²) in [6.07, 6.45) is 8.08. The molecule has 0 aromatic carbocycles. The van der Waals surface area contributed by atoms with Gasteiger partial charge >= 0.3 is 0 Å². The number of rotatable bonds is 5. The second-order valence-electron chi connectivity index (χ2n) is 5.01. The Morgan fingerprint density at radius 2 is 1.93 bits per heavy atom. The van der Waals surface area contributed by atoms with Crippen LogP contribution in [-0.4, -0.2) is 18.6 Å². The highest BCUT2D eigenvalue weighted by atomic mass is 15.0. The molecule has 0 spiro atoms. The molecule has 1 aliphatic rings. The van der Waals surface area contributed by atoms with Gasteiger partial charge in [-0.05, 0) is 38.8 Å². The van der Waals surface area contributed by atoms with Crippen LogP contribution in [0.2, 0.25) is 0 Å². The normalized spacial score (nSPS) is 23.4. The van der Waals surface area contributed by atoms with Crippen LogP contribution in [0.15, 0.2) is 0 Å². The van der Waals surface area contributed by atoms with Crippen molar-refractivity contribution in [2.45, 2.75) is 57.9 Å². The van der Waals surface area contributed by atoms with Crippen LogP contribution in [-0.2, 0) is 0 Å². The van der Waals surface area contributed by atoms with E-state index in [4.69, 9.17) is 5.73 Å². The zero-order valence-electron chi connectivity index (χ0n) is 9.81. The predicted octanol–water partition coefficient (Wildman–Crippen LogP) is 2.28. The molecule has 0 heterocycles. The summed E-state index contributed by atoms with van der Waals surface area (Å²) < 4.78 is 0. The van der Waals surface area contributed by atoms with E-state index in [-0.39, 0.29) is 0 Å². The average molecular weight is 198 g/mol.